The Balaban J connectivity index is 2.36. The molecule has 0 unspecified atom stereocenters. The molecule has 0 saturated carbocycles. The molecule has 1 atom stereocenters. The van der Waals surface area contributed by atoms with Crippen LogP contribution in [0.15, 0.2) is 18.2 Å². The van der Waals surface area contributed by atoms with E-state index >= 15 is 0 Å². The minimum atomic E-state index is -0.377. The third-order valence-electron chi connectivity index (χ3n) is 3.34. The number of benzene rings is 1. The van der Waals surface area contributed by atoms with Crippen molar-refractivity contribution in [1.82, 2.24) is 0 Å². The third kappa shape index (κ3) is 3.31. The van der Waals surface area contributed by atoms with Gasteiger partial charge in [-0.25, -0.2) is 0 Å². The highest BCUT2D eigenvalue weighted by molar-refractivity contribution is 6.08. The molecule has 1 saturated heterocycles. The Labute approximate surface area is 120 Å². The first-order valence-electron chi connectivity index (χ1n) is 6.72. The summed E-state index contributed by atoms with van der Waals surface area (Å²) in [6.45, 7) is 7.47. The Bertz CT molecular complexity index is 519. The zero-order valence-corrected chi connectivity index (χ0v) is 12.1. The molecule has 0 amide bonds. The fourth-order valence-corrected chi connectivity index (χ4v) is 2.71. The first-order chi connectivity index (χ1) is 9.30. The Morgan fingerprint density at radius 2 is 2.20 bits per heavy atom. The van der Waals surface area contributed by atoms with Gasteiger partial charge in [0.25, 0.3) is 5.69 Å². The van der Waals surface area contributed by atoms with Crippen molar-refractivity contribution in [1.29, 1.82) is 0 Å². The summed E-state index contributed by atoms with van der Waals surface area (Å²) in [5.74, 6) is 0. The van der Waals surface area contributed by atoms with Gasteiger partial charge in [-0.1, -0.05) is 6.32 Å². The molecule has 1 heterocycles. The van der Waals surface area contributed by atoms with Gasteiger partial charge < -0.3 is 9.64 Å². The number of non-ortho nitro benzene ring substituents is 1. The maximum atomic E-state index is 11.0. The van der Waals surface area contributed by atoms with Gasteiger partial charge in [-0.3, -0.25) is 10.1 Å². The van der Waals surface area contributed by atoms with Gasteiger partial charge in [0, 0.05) is 30.9 Å². The van der Waals surface area contributed by atoms with Crippen molar-refractivity contribution in [2.75, 3.05) is 18.0 Å². The lowest BCUT2D eigenvalue weighted by Crippen LogP contribution is -2.52. The van der Waals surface area contributed by atoms with E-state index in [1.165, 1.54) is 6.07 Å². The molecule has 1 aromatic carbocycles. The van der Waals surface area contributed by atoms with Crippen molar-refractivity contribution in [3.63, 3.8) is 0 Å². The summed E-state index contributed by atoms with van der Waals surface area (Å²) in [5, 5.41) is 11.0. The van der Waals surface area contributed by atoms with E-state index in [0.717, 1.165) is 11.3 Å². The van der Waals surface area contributed by atoms with Crippen LogP contribution in [-0.4, -0.2) is 37.6 Å². The quantitative estimate of drug-likeness (QED) is 0.482. The molecule has 0 N–H and O–H groups in total. The van der Waals surface area contributed by atoms with Crippen molar-refractivity contribution in [2.45, 2.75) is 38.8 Å². The number of hydrogen-bond acceptors (Lipinski definition) is 4. The fraction of sp³-hybridized carbons (Fsp3) is 0.571. The highest BCUT2D eigenvalue weighted by atomic mass is 16.6. The molecule has 6 heteroatoms. The molecular weight excluding hydrogens is 255 g/mol. The summed E-state index contributed by atoms with van der Waals surface area (Å²) in [4.78, 5) is 12.8. The smallest absolute Gasteiger partial charge is 0.271 e. The summed E-state index contributed by atoms with van der Waals surface area (Å²) in [6, 6.07) is 5.05. The fourth-order valence-electron chi connectivity index (χ4n) is 2.71. The number of nitrogens with zero attached hydrogens (tertiary/aromatic N) is 2. The molecule has 20 heavy (non-hydrogen) atoms. The van der Waals surface area contributed by atoms with Crippen LogP contribution in [0, 0.1) is 10.1 Å². The molecule has 0 aromatic heterocycles. The first-order valence-corrected chi connectivity index (χ1v) is 6.72. The maximum Gasteiger partial charge on any atom is 0.271 e. The molecular formula is C14H19BN2O3. The monoisotopic (exact) mass is 274 g/mol. The van der Waals surface area contributed by atoms with E-state index in [2.05, 4.69) is 4.90 Å². The molecule has 0 bridgehead atoms. The van der Waals surface area contributed by atoms with Crippen molar-refractivity contribution < 1.29 is 9.66 Å². The van der Waals surface area contributed by atoms with Crippen LogP contribution < -0.4 is 4.90 Å². The van der Waals surface area contributed by atoms with Crippen LogP contribution in [0.3, 0.4) is 0 Å². The van der Waals surface area contributed by atoms with Crippen molar-refractivity contribution >= 4 is 19.2 Å². The average Bonchev–Trinajstić information content (AvgIpc) is 2.35. The highest BCUT2D eigenvalue weighted by Gasteiger charge is 2.32. The lowest BCUT2D eigenvalue weighted by molar-refractivity contribution is -0.384. The number of nitro groups is 1. The number of anilines is 1. The van der Waals surface area contributed by atoms with E-state index in [1.54, 1.807) is 6.07 Å². The highest BCUT2D eigenvalue weighted by Crippen LogP contribution is 2.29. The van der Waals surface area contributed by atoms with Gasteiger partial charge in [0.15, 0.2) is 0 Å². The average molecular weight is 274 g/mol. The zero-order chi connectivity index (χ0) is 14.9. The van der Waals surface area contributed by atoms with Crippen LogP contribution in [0.4, 0.5) is 11.4 Å². The molecule has 0 spiro atoms. The third-order valence-corrected chi connectivity index (χ3v) is 3.34. The zero-order valence-electron chi connectivity index (χ0n) is 12.1. The minimum absolute atomic E-state index is 0.0827. The van der Waals surface area contributed by atoms with E-state index in [0.29, 0.717) is 13.1 Å². The van der Waals surface area contributed by atoms with Crippen molar-refractivity contribution in [3.8, 4) is 0 Å². The summed E-state index contributed by atoms with van der Waals surface area (Å²) < 4.78 is 5.86. The molecule has 1 aliphatic rings. The Hall–Kier alpha value is -1.56. The van der Waals surface area contributed by atoms with Crippen LogP contribution in [0.2, 0.25) is 0 Å². The van der Waals surface area contributed by atoms with Crippen LogP contribution >= 0.6 is 0 Å². The van der Waals surface area contributed by atoms with E-state index in [9.17, 15) is 10.1 Å². The molecule has 0 aliphatic carbocycles. The van der Waals surface area contributed by atoms with Crippen LogP contribution in [0.5, 0.6) is 0 Å². The second kappa shape index (κ2) is 5.44. The molecule has 1 fully saturated rings. The predicted molar refractivity (Wildman–Crippen MR) is 79.4 cm³/mol. The van der Waals surface area contributed by atoms with Crippen LogP contribution in [-0.2, 0) is 11.1 Å². The largest absolute Gasteiger partial charge is 0.369 e. The van der Waals surface area contributed by atoms with Crippen molar-refractivity contribution in [3.05, 3.63) is 33.9 Å². The molecule has 1 aliphatic heterocycles. The minimum Gasteiger partial charge on any atom is -0.369 e. The Kier molecular flexibility index (Phi) is 4.04. The summed E-state index contributed by atoms with van der Waals surface area (Å²) >= 11 is 0. The standard InChI is InChI=1S/C14H19BN2O3/c1-10-8-16(9-14(2,3)20-10)12-4-11(7-15)5-13(6-12)17(18)19/h4-6,10H,7-9H2,1-3H3/t10-/m0/s1. The molecule has 106 valence electrons. The second-order valence-corrected chi connectivity index (χ2v) is 5.89. The number of hydrogen-bond donors (Lipinski definition) is 0. The normalized spacial score (nSPS) is 21.8. The number of nitro benzene ring substituents is 1. The van der Waals surface area contributed by atoms with Crippen LogP contribution in [0.1, 0.15) is 26.3 Å². The Morgan fingerprint density at radius 3 is 2.75 bits per heavy atom. The Morgan fingerprint density at radius 1 is 1.50 bits per heavy atom. The van der Waals surface area contributed by atoms with Crippen molar-refractivity contribution in [2.24, 2.45) is 0 Å². The SMILES string of the molecule is [B]Cc1cc(N2C[C@H](C)OC(C)(C)C2)cc([N+](=O)[O-])c1. The number of rotatable bonds is 3. The van der Waals surface area contributed by atoms with E-state index in [1.807, 2.05) is 26.8 Å². The van der Waals surface area contributed by atoms with Gasteiger partial charge in [-0.15, -0.1) is 0 Å². The van der Waals surface area contributed by atoms with E-state index in [-0.39, 0.29) is 28.6 Å². The lowest BCUT2D eigenvalue weighted by atomic mass is 9.95. The molecule has 5 nitrogen and oxygen atoms in total. The molecule has 1 aromatic rings. The summed E-state index contributed by atoms with van der Waals surface area (Å²) in [5.41, 5.74) is 1.42. The number of morpholine rings is 1. The molecule has 2 rings (SSSR count). The van der Waals surface area contributed by atoms with Gasteiger partial charge in [0.2, 0.25) is 0 Å². The van der Waals surface area contributed by atoms with E-state index in [4.69, 9.17) is 12.6 Å². The number of ether oxygens (including phenoxy) is 1. The molecule has 2 radical (unpaired) electrons. The second-order valence-electron chi connectivity index (χ2n) is 5.89. The van der Waals surface area contributed by atoms with Gasteiger partial charge in [-0.05, 0) is 32.4 Å². The summed E-state index contributed by atoms with van der Waals surface area (Å²) in [7, 11) is 5.63. The van der Waals surface area contributed by atoms with Gasteiger partial charge in [0.1, 0.15) is 0 Å². The van der Waals surface area contributed by atoms with Gasteiger partial charge in [-0.2, -0.15) is 0 Å². The van der Waals surface area contributed by atoms with Crippen LogP contribution in [0.25, 0.3) is 0 Å². The predicted octanol–water partition coefficient (Wildman–Crippen LogP) is 2.27. The summed E-state index contributed by atoms with van der Waals surface area (Å²) in [6.07, 6.45) is 0.372. The lowest BCUT2D eigenvalue weighted by Gasteiger charge is -2.43. The van der Waals surface area contributed by atoms with Gasteiger partial charge >= 0.3 is 0 Å². The first kappa shape index (κ1) is 14.8. The van der Waals surface area contributed by atoms with E-state index < -0.39 is 0 Å². The van der Waals surface area contributed by atoms with Gasteiger partial charge in [0.05, 0.1) is 24.5 Å². The maximum absolute atomic E-state index is 11.0. The topological polar surface area (TPSA) is 55.6 Å².